The first-order chi connectivity index (χ1) is 10.3. The topological polar surface area (TPSA) is 69.1 Å². The van der Waals surface area contributed by atoms with Crippen LogP contribution in [0.1, 0.15) is 25.6 Å². The van der Waals surface area contributed by atoms with Gasteiger partial charge in [-0.25, -0.2) is 0 Å². The number of quaternary nitrogens is 2. The molecule has 6 nitrogen and oxygen atoms in total. The van der Waals surface area contributed by atoms with Crippen molar-refractivity contribution in [2.24, 2.45) is 10.8 Å². The second kappa shape index (κ2) is 4.14. The average Bonchev–Trinajstić information content (AvgIpc) is 2.44. The predicted molar refractivity (Wildman–Crippen MR) is 78.5 cm³/mol. The lowest BCUT2D eigenvalue weighted by molar-refractivity contribution is -1.18. The number of benzene rings is 1. The van der Waals surface area contributed by atoms with E-state index in [1.54, 1.807) is 12.1 Å². The van der Waals surface area contributed by atoms with Crippen LogP contribution in [0.2, 0.25) is 0 Å². The summed E-state index contributed by atoms with van der Waals surface area (Å²) in [5, 5.41) is 10.8. The molecule has 1 aromatic rings. The van der Waals surface area contributed by atoms with Crippen LogP contribution in [0.15, 0.2) is 24.3 Å². The summed E-state index contributed by atoms with van der Waals surface area (Å²) in [5.41, 5.74) is 0.881. The minimum atomic E-state index is -0.359. The van der Waals surface area contributed by atoms with Crippen LogP contribution in [-0.2, 0) is 4.79 Å². The molecule has 4 fully saturated rings. The molecule has 22 heavy (non-hydrogen) atoms. The molecule has 0 unspecified atom stereocenters. The van der Waals surface area contributed by atoms with Gasteiger partial charge in [0.15, 0.2) is 5.78 Å². The predicted octanol–water partition coefficient (Wildman–Crippen LogP) is -1.01. The summed E-state index contributed by atoms with van der Waals surface area (Å²) in [6.07, 6.45) is 0.301. The molecule has 4 heterocycles. The van der Waals surface area contributed by atoms with Gasteiger partial charge in [0.2, 0.25) is 6.17 Å². The van der Waals surface area contributed by atoms with E-state index in [9.17, 15) is 14.9 Å². The number of nitrogens with one attached hydrogen (secondary N) is 2. The second-order valence-electron chi connectivity index (χ2n) is 7.76. The number of carbonyl (C=O) groups excluding carboxylic acids is 1. The van der Waals surface area contributed by atoms with Crippen molar-refractivity contribution in [2.75, 3.05) is 26.2 Å². The van der Waals surface area contributed by atoms with E-state index < -0.39 is 0 Å². The van der Waals surface area contributed by atoms with Crippen molar-refractivity contribution in [1.82, 2.24) is 0 Å². The standard InChI is InChI=1S/C16H19N3O3/c1-15-7-17-9-16(2,14(15)20)10-18(8-15)13(17)11-3-5-12(6-4-11)19(21)22/h3-6,13H,7-10H2,1-2H3/p+2. The first-order valence-electron chi connectivity index (χ1n) is 7.81. The van der Waals surface area contributed by atoms with Gasteiger partial charge in [-0.2, -0.15) is 0 Å². The van der Waals surface area contributed by atoms with E-state index in [2.05, 4.69) is 13.8 Å². The van der Waals surface area contributed by atoms with Gasteiger partial charge in [-0.1, -0.05) is 0 Å². The van der Waals surface area contributed by atoms with Gasteiger partial charge in [0.05, 0.1) is 36.7 Å². The molecule has 4 aliphatic rings. The molecule has 0 amide bonds. The molecular weight excluding hydrogens is 282 g/mol. The molecule has 6 heteroatoms. The zero-order valence-corrected chi connectivity index (χ0v) is 12.9. The number of Topliss-reactive ketones (excluding diaryl/α,β-unsaturated/α-hetero) is 1. The Bertz CT molecular complexity index is 630. The van der Waals surface area contributed by atoms with Gasteiger partial charge >= 0.3 is 0 Å². The van der Waals surface area contributed by atoms with Crippen molar-refractivity contribution in [3.63, 3.8) is 0 Å². The third kappa shape index (κ3) is 1.71. The summed E-state index contributed by atoms with van der Waals surface area (Å²) in [5.74, 6) is 0.439. The Morgan fingerprint density at radius 3 is 1.91 bits per heavy atom. The van der Waals surface area contributed by atoms with Crippen LogP contribution in [0, 0.1) is 20.9 Å². The van der Waals surface area contributed by atoms with Gasteiger partial charge in [-0.3, -0.25) is 24.7 Å². The van der Waals surface area contributed by atoms with Gasteiger partial charge in [0, 0.05) is 12.1 Å². The van der Waals surface area contributed by atoms with E-state index in [1.807, 2.05) is 12.1 Å². The Morgan fingerprint density at radius 1 is 1.05 bits per heavy atom. The Morgan fingerprint density at radius 2 is 1.50 bits per heavy atom. The molecule has 0 radical (unpaired) electrons. The normalized spacial score (nSPS) is 42.6. The molecule has 4 saturated heterocycles. The van der Waals surface area contributed by atoms with Crippen molar-refractivity contribution < 1.29 is 19.5 Å². The van der Waals surface area contributed by atoms with Crippen LogP contribution in [0.5, 0.6) is 0 Å². The summed E-state index contributed by atoms with van der Waals surface area (Å²) < 4.78 is 0. The van der Waals surface area contributed by atoms with E-state index >= 15 is 0 Å². The van der Waals surface area contributed by atoms with E-state index in [0.717, 1.165) is 31.7 Å². The van der Waals surface area contributed by atoms with Crippen LogP contribution >= 0.6 is 0 Å². The van der Waals surface area contributed by atoms with E-state index in [1.165, 1.54) is 9.80 Å². The lowest BCUT2D eigenvalue weighted by atomic mass is 9.62. The van der Waals surface area contributed by atoms with Gasteiger partial charge in [0.25, 0.3) is 5.69 Å². The average molecular weight is 303 g/mol. The molecule has 0 spiro atoms. The fourth-order valence-electron chi connectivity index (χ4n) is 5.26. The number of nitro groups is 1. The summed E-state index contributed by atoms with van der Waals surface area (Å²) >= 11 is 0. The van der Waals surface area contributed by atoms with E-state index in [0.29, 0.717) is 11.9 Å². The lowest BCUT2D eigenvalue weighted by Crippen LogP contribution is -3.41. The molecule has 0 saturated carbocycles. The zero-order chi connectivity index (χ0) is 15.7. The number of carbonyl (C=O) groups is 1. The Balaban J connectivity index is 1.69. The number of ketones is 1. The molecule has 0 aromatic heterocycles. The zero-order valence-electron chi connectivity index (χ0n) is 12.9. The highest BCUT2D eigenvalue weighted by Gasteiger charge is 2.68. The minimum absolute atomic E-state index is 0.136. The monoisotopic (exact) mass is 303 g/mol. The summed E-state index contributed by atoms with van der Waals surface area (Å²) in [6.45, 7) is 7.74. The maximum absolute atomic E-state index is 12.7. The summed E-state index contributed by atoms with van der Waals surface area (Å²) in [6, 6.07) is 6.96. The fourth-order valence-corrected chi connectivity index (χ4v) is 5.26. The minimum Gasteiger partial charge on any atom is -0.297 e. The van der Waals surface area contributed by atoms with Gasteiger partial charge in [0.1, 0.15) is 10.8 Å². The second-order valence-corrected chi connectivity index (χ2v) is 7.76. The third-order valence-electron chi connectivity index (χ3n) is 5.82. The van der Waals surface area contributed by atoms with Crippen molar-refractivity contribution >= 4 is 11.5 Å². The number of nitro benzene ring substituents is 1. The number of piperidine rings is 2. The first kappa shape index (κ1) is 13.8. The Hall–Kier alpha value is -1.79. The van der Waals surface area contributed by atoms with Gasteiger partial charge < -0.3 is 0 Å². The maximum Gasteiger partial charge on any atom is 0.269 e. The summed E-state index contributed by atoms with van der Waals surface area (Å²) in [7, 11) is 0. The molecule has 5 rings (SSSR count). The largest absolute Gasteiger partial charge is 0.297 e. The summed E-state index contributed by atoms with van der Waals surface area (Å²) in [4.78, 5) is 26.0. The number of hydrogen-bond donors (Lipinski definition) is 2. The smallest absolute Gasteiger partial charge is 0.269 e. The van der Waals surface area contributed by atoms with Crippen LogP contribution in [0.25, 0.3) is 0 Å². The van der Waals surface area contributed by atoms with Crippen molar-refractivity contribution in [3.8, 4) is 0 Å². The molecule has 0 aliphatic carbocycles. The maximum atomic E-state index is 12.7. The van der Waals surface area contributed by atoms with Crippen molar-refractivity contribution in [2.45, 2.75) is 20.0 Å². The fraction of sp³-hybridized carbons (Fsp3) is 0.562. The van der Waals surface area contributed by atoms with Crippen LogP contribution in [-0.4, -0.2) is 36.9 Å². The van der Waals surface area contributed by atoms with Crippen molar-refractivity contribution in [3.05, 3.63) is 39.9 Å². The molecule has 4 bridgehead atoms. The molecular formula is C16H21N3O3+2. The third-order valence-corrected chi connectivity index (χ3v) is 5.82. The van der Waals surface area contributed by atoms with Crippen LogP contribution in [0.3, 0.4) is 0 Å². The highest BCUT2D eigenvalue weighted by molar-refractivity contribution is 5.91. The van der Waals surface area contributed by atoms with Crippen molar-refractivity contribution in [1.29, 1.82) is 0 Å². The number of hydrogen-bond acceptors (Lipinski definition) is 3. The number of non-ortho nitro benzene ring substituents is 1. The molecule has 1 aromatic carbocycles. The van der Waals surface area contributed by atoms with Gasteiger partial charge in [-0.05, 0) is 26.0 Å². The molecule has 116 valence electrons. The van der Waals surface area contributed by atoms with E-state index in [4.69, 9.17) is 0 Å². The Kier molecular flexibility index (Phi) is 2.61. The van der Waals surface area contributed by atoms with Gasteiger partial charge in [-0.15, -0.1) is 0 Å². The quantitative estimate of drug-likeness (QED) is 0.543. The first-order valence-corrected chi connectivity index (χ1v) is 7.81. The number of nitrogens with zero attached hydrogens (tertiary/aromatic N) is 1. The van der Waals surface area contributed by atoms with E-state index in [-0.39, 0.29) is 21.4 Å². The SMILES string of the molecule is CC12C[NH+]3CC(C)(C[NH+](C1)C3c1ccc([N+](=O)[O-])cc1)C2=O. The highest BCUT2D eigenvalue weighted by Crippen LogP contribution is 2.36. The lowest BCUT2D eigenvalue weighted by Gasteiger charge is -2.58. The Labute approximate surface area is 128 Å². The molecule has 2 N–H and O–H groups in total. The molecule has 4 aliphatic heterocycles. The molecule has 0 atom stereocenters. The van der Waals surface area contributed by atoms with Crippen LogP contribution < -0.4 is 9.80 Å². The van der Waals surface area contributed by atoms with Crippen LogP contribution in [0.4, 0.5) is 5.69 Å². The number of rotatable bonds is 2. The highest BCUT2D eigenvalue weighted by atomic mass is 16.6.